The molecule has 0 saturated carbocycles. The van der Waals surface area contributed by atoms with Gasteiger partial charge < -0.3 is 0 Å². The minimum atomic E-state index is -0.554. The monoisotopic (exact) mass is 476 g/mol. The van der Waals surface area contributed by atoms with E-state index < -0.39 is 17.7 Å². The van der Waals surface area contributed by atoms with Crippen molar-refractivity contribution in [3.8, 4) is 0 Å². The van der Waals surface area contributed by atoms with E-state index in [1.807, 2.05) is 13.0 Å². The molecule has 0 unspecified atom stereocenters. The number of benzene rings is 2. The normalized spacial score (nSPS) is 20.5. The molecule has 0 N–H and O–H groups in total. The van der Waals surface area contributed by atoms with E-state index in [9.17, 15) is 14.4 Å². The second-order valence-electron chi connectivity index (χ2n) is 7.77. The highest BCUT2D eigenvalue weighted by Gasteiger charge is 2.51. The number of nitrogens with zero attached hydrogens (tertiary/aromatic N) is 2. The van der Waals surface area contributed by atoms with Crippen molar-refractivity contribution >= 4 is 52.5 Å². The van der Waals surface area contributed by atoms with Gasteiger partial charge in [-0.3, -0.25) is 14.4 Å². The number of amides is 3. The lowest BCUT2D eigenvalue weighted by Gasteiger charge is -2.31. The molecule has 1 aliphatic carbocycles. The summed E-state index contributed by atoms with van der Waals surface area (Å²) in [6.45, 7) is 1.86. The molecule has 2 aromatic rings. The molecule has 0 spiro atoms. The van der Waals surface area contributed by atoms with E-state index in [1.54, 1.807) is 42.5 Å². The first-order chi connectivity index (χ1) is 14.8. The fourth-order valence-electron chi connectivity index (χ4n) is 4.08. The van der Waals surface area contributed by atoms with Crippen LogP contribution in [0.5, 0.6) is 0 Å². The molecule has 1 aliphatic heterocycles. The standard InChI is InChI=1S/C23H19Cl3N2O3/c1-13-6-9-16-18(10-13)23(31)28(22(16)30)27(12-14-7-8-15(24)11-20(14)26)21(29)17-4-2-3-5-19(17)25/h2-8,11,16,18H,9-10,12H2,1H3/t16-,18+/m1/s1. The van der Waals surface area contributed by atoms with Crippen LogP contribution in [0.4, 0.5) is 0 Å². The summed E-state index contributed by atoms with van der Waals surface area (Å²) in [6, 6.07) is 11.4. The van der Waals surface area contributed by atoms with E-state index in [1.165, 1.54) is 0 Å². The highest BCUT2D eigenvalue weighted by Crippen LogP contribution is 2.39. The molecule has 1 fully saturated rings. The molecular weight excluding hydrogens is 459 g/mol. The lowest BCUT2D eigenvalue weighted by molar-refractivity contribution is -0.155. The van der Waals surface area contributed by atoms with E-state index in [0.717, 1.165) is 15.6 Å². The summed E-state index contributed by atoms with van der Waals surface area (Å²) in [7, 11) is 0. The number of carbonyl (C=O) groups is 3. The van der Waals surface area contributed by atoms with Crippen molar-refractivity contribution < 1.29 is 14.4 Å². The summed E-state index contributed by atoms with van der Waals surface area (Å²) in [5.74, 6) is -2.27. The van der Waals surface area contributed by atoms with Gasteiger partial charge in [-0.05, 0) is 49.6 Å². The first kappa shape index (κ1) is 21.9. The maximum Gasteiger partial charge on any atom is 0.274 e. The first-order valence-corrected chi connectivity index (χ1v) is 10.9. The van der Waals surface area contributed by atoms with Crippen molar-refractivity contribution in [3.63, 3.8) is 0 Å². The van der Waals surface area contributed by atoms with Crippen molar-refractivity contribution in [1.82, 2.24) is 10.0 Å². The molecule has 0 radical (unpaired) electrons. The van der Waals surface area contributed by atoms with Gasteiger partial charge in [0.25, 0.3) is 17.7 Å². The third-order valence-electron chi connectivity index (χ3n) is 5.72. The summed E-state index contributed by atoms with van der Waals surface area (Å²) >= 11 is 18.6. The van der Waals surface area contributed by atoms with Crippen molar-refractivity contribution in [2.45, 2.75) is 26.3 Å². The Bertz CT molecular complexity index is 1110. The predicted octanol–water partition coefficient (Wildman–Crippen LogP) is 5.55. The molecule has 160 valence electrons. The topological polar surface area (TPSA) is 57.7 Å². The van der Waals surface area contributed by atoms with Crippen LogP contribution in [0.3, 0.4) is 0 Å². The molecule has 5 nitrogen and oxygen atoms in total. The van der Waals surface area contributed by atoms with E-state index in [0.29, 0.717) is 28.5 Å². The molecule has 2 aliphatic rings. The van der Waals surface area contributed by atoms with E-state index >= 15 is 0 Å². The van der Waals surface area contributed by atoms with Crippen LogP contribution in [-0.4, -0.2) is 27.7 Å². The Labute approximate surface area is 195 Å². The van der Waals surface area contributed by atoms with Crippen LogP contribution >= 0.6 is 34.8 Å². The molecule has 0 aromatic heterocycles. The Morgan fingerprint density at radius 2 is 1.74 bits per heavy atom. The Balaban J connectivity index is 1.75. The molecule has 1 saturated heterocycles. The number of carbonyl (C=O) groups excluding carboxylic acids is 3. The summed E-state index contributed by atoms with van der Waals surface area (Å²) in [5, 5.41) is 3.14. The number of hydrogen-bond acceptors (Lipinski definition) is 3. The summed E-state index contributed by atoms with van der Waals surface area (Å²) < 4.78 is 0. The Morgan fingerprint density at radius 1 is 1.03 bits per heavy atom. The van der Waals surface area contributed by atoms with Crippen LogP contribution in [0.1, 0.15) is 35.7 Å². The Hall–Kier alpha value is -2.34. The number of hydrogen-bond donors (Lipinski definition) is 0. The zero-order valence-corrected chi connectivity index (χ0v) is 18.9. The predicted molar refractivity (Wildman–Crippen MR) is 120 cm³/mol. The van der Waals surface area contributed by atoms with Crippen LogP contribution < -0.4 is 0 Å². The molecular formula is C23H19Cl3N2O3. The number of allylic oxidation sites excluding steroid dienone is 2. The van der Waals surface area contributed by atoms with Gasteiger partial charge in [0.1, 0.15) is 0 Å². The number of imide groups is 1. The van der Waals surface area contributed by atoms with Gasteiger partial charge in [-0.25, -0.2) is 5.01 Å². The average molecular weight is 478 g/mol. The van der Waals surface area contributed by atoms with Crippen molar-refractivity contribution in [1.29, 1.82) is 0 Å². The molecule has 0 bridgehead atoms. The van der Waals surface area contributed by atoms with E-state index in [4.69, 9.17) is 34.8 Å². The molecule has 2 atom stereocenters. The second kappa shape index (κ2) is 8.65. The zero-order valence-electron chi connectivity index (χ0n) is 16.6. The Kier molecular flexibility index (Phi) is 6.11. The highest BCUT2D eigenvalue weighted by molar-refractivity contribution is 6.35. The summed E-state index contributed by atoms with van der Waals surface area (Å²) in [6.07, 6.45) is 2.96. The van der Waals surface area contributed by atoms with Crippen molar-refractivity contribution in [2.75, 3.05) is 0 Å². The fourth-order valence-corrected chi connectivity index (χ4v) is 4.76. The van der Waals surface area contributed by atoms with Crippen LogP contribution in [0.25, 0.3) is 0 Å². The molecule has 3 amide bonds. The smallest absolute Gasteiger partial charge is 0.272 e. The van der Waals surface area contributed by atoms with Crippen molar-refractivity contribution in [3.05, 3.63) is 80.3 Å². The maximum atomic E-state index is 13.5. The van der Waals surface area contributed by atoms with Gasteiger partial charge in [0.2, 0.25) is 0 Å². The number of fused-ring (bicyclic) bond motifs is 1. The average Bonchev–Trinajstić information content (AvgIpc) is 2.97. The lowest BCUT2D eigenvalue weighted by Crippen LogP contribution is -2.50. The molecule has 8 heteroatoms. The number of halogens is 3. The van der Waals surface area contributed by atoms with Crippen LogP contribution in [0.15, 0.2) is 54.1 Å². The van der Waals surface area contributed by atoms with Crippen LogP contribution in [-0.2, 0) is 16.1 Å². The number of rotatable bonds is 4. The van der Waals surface area contributed by atoms with Gasteiger partial charge in [0.15, 0.2) is 0 Å². The fraction of sp³-hybridized carbons (Fsp3) is 0.261. The number of hydrazine groups is 1. The summed E-state index contributed by atoms with van der Waals surface area (Å²) in [4.78, 5) is 40.0. The lowest BCUT2D eigenvalue weighted by atomic mass is 9.82. The zero-order chi connectivity index (χ0) is 22.3. The largest absolute Gasteiger partial charge is 0.274 e. The molecule has 31 heavy (non-hydrogen) atoms. The first-order valence-electron chi connectivity index (χ1n) is 9.81. The van der Waals surface area contributed by atoms with Crippen LogP contribution in [0, 0.1) is 11.8 Å². The molecule has 4 rings (SSSR count). The van der Waals surface area contributed by atoms with Crippen molar-refractivity contribution in [2.24, 2.45) is 11.8 Å². The quantitative estimate of drug-likeness (QED) is 0.429. The summed E-state index contributed by atoms with van der Waals surface area (Å²) in [5.41, 5.74) is 1.81. The van der Waals surface area contributed by atoms with Gasteiger partial charge in [0, 0.05) is 10.0 Å². The van der Waals surface area contributed by atoms with Crippen LogP contribution in [0.2, 0.25) is 15.1 Å². The second-order valence-corrected chi connectivity index (χ2v) is 9.02. The minimum Gasteiger partial charge on any atom is -0.272 e. The molecule has 1 heterocycles. The van der Waals surface area contributed by atoms with E-state index in [2.05, 4.69) is 0 Å². The Morgan fingerprint density at radius 3 is 2.45 bits per heavy atom. The van der Waals surface area contributed by atoms with Gasteiger partial charge in [-0.1, -0.05) is 64.7 Å². The highest BCUT2D eigenvalue weighted by atomic mass is 35.5. The SMILES string of the molecule is CC1=CC[C@H]2C(=O)N(N(Cc3ccc(Cl)cc3Cl)C(=O)c3ccccc3Cl)C(=O)[C@H]2C1. The third-order valence-corrected chi connectivity index (χ3v) is 6.63. The minimum absolute atomic E-state index is 0.0800. The van der Waals surface area contributed by atoms with Gasteiger partial charge >= 0.3 is 0 Å². The van der Waals surface area contributed by atoms with Gasteiger partial charge in [-0.2, -0.15) is 5.01 Å². The maximum absolute atomic E-state index is 13.5. The van der Waals surface area contributed by atoms with Gasteiger partial charge in [-0.15, -0.1) is 0 Å². The molecule has 2 aromatic carbocycles. The van der Waals surface area contributed by atoms with E-state index in [-0.39, 0.29) is 28.9 Å². The van der Waals surface area contributed by atoms with Gasteiger partial charge in [0.05, 0.1) is 29.0 Å². The third kappa shape index (κ3) is 4.10.